The number of carbonyl (C=O) groups excluding carboxylic acids is 2. The van der Waals surface area contributed by atoms with Gasteiger partial charge in [-0.1, -0.05) is 0 Å². The molecule has 2 fully saturated rings. The number of carbonyl (C=O) groups is 2. The molecular formula is C20H21N3O4S. The summed E-state index contributed by atoms with van der Waals surface area (Å²) in [6.45, 7) is 2.43. The largest absolute Gasteiger partial charge is 0.454 e. The van der Waals surface area contributed by atoms with Crippen LogP contribution >= 0.6 is 11.3 Å². The highest BCUT2D eigenvalue weighted by molar-refractivity contribution is 7.08. The first-order chi connectivity index (χ1) is 13.6. The van der Waals surface area contributed by atoms with E-state index in [-0.39, 0.29) is 24.1 Å². The average Bonchev–Trinajstić information content (AvgIpc) is 3.45. The molecule has 2 saturated heterocycles. The third-order valence-electron chi connectivity index (χ3n) is 5.99. The minimum absolute atomic E-state index is 0.0115. The van der Waals surface area contributed by atoms with Crippen molar-refractivity contribution < 1.29 is 19.1 Å². The zero-order valence-electron chi connectivity index (χ0n) is 15.6. The highest BCUT2D eigenvalue weighted by Gasteiger charge is 2.48. The molecule has 0 N–H and O–H groups in total. The van der Waals surface area contributed by atoms with E-state index in [9.17, 15) is 9.59 Å². The predicted molar refractivity (Wildman–Crippen MR) is 105 cm³/mol. The molecule has 1 aromatic heterocycles. The molecule has 2 amide bonds. The first-order valence-electron chi connectivity index (χ1n) is 9.28. The fourth-order valence-electron chi connectivity index (χ4n) is 4.29. The molecule has 7 nitrogen and oxygen atoms in total. The van der Waals surface area contributed by atoms with E-state index >= 15 is 0 Å². The molecule has 0 radical (unpaired) electrons. The summed E-state index contributed by atoms with van der Waals surface area (Å²) >= 11 is 1.59. The summed E-state index contributed by atoms with van der Waals surface area (Å²) in [6, 6.07) is 7.30. The first kappa shape index (κ1) is 17.5. The van der Waals surface area contributed by atoms with Crippen molar-refractivity contribution in [3.63, 3.8) is 0 Å². The number of amides is 2. The van der Waals surface area contributed by atoms with Crippen LogP contribution in [0.2, 0.25) is 0 Å². The number of piperazine rings is 1. The lowest BCUT2D eigenvalue weighted by Gasteiger charge is -2.46. The van der Waals surface area contributed by atoms with E-state index < -0.39 is 0 Å². The Morgan fingerprint density at radius 3 is 2.86 bits per heavy atom. The highest BCUT2D eigenvalue weighted by Crippen LogP contribution is 2.36. The molecule has 146 valence electrons. The third kappa shape index (κ3) is 2.75. The molecule has 28 heavy (non-hydrogen) atoms. The highest BCUT2D eigenvalue weighted by atomic mass is 32.1. The number of benzene rings is 1. The van der Waals surface area contributed by atoms with Gasteiger partial charge in [-0.25, -0.2) is 0 Å². The van der Waals surface area contributed by atoms with Gasteiger partial charge in [0.05, 0.1) is 17.8 Å². The second-order valence-corrected chi connectivity index (χ2v) is 8.37. The molecule has 0 bridgehead atoms. The maximum Gasteiger partial charge on any atom is 0.254 e. The summed E-state index contributed by atoms with van der Waals surface area (Å²) < 4.78 is 10.7. The van der Waals surface area contributed by atoms with Gasteiger partial charge in [0.25, 0.3) is 5.91 Å². The van der Waals surface area contributed by atoms with Crippen molar-refractivity contribution in [3.8, 4) is 11.5 Å². The number of likely N-dealkylation sites (tertiary alicyclic amines) is 1. The lowest BCUT2D eigenvalue weighted by Crippen LogP contribution is -2.64. The Bertz CT molecular complexity index is 932. The second-order valence-electron chi connectivity index (χ2n) is 7.59. The van der Waals surface area contributed by atoms with Crippen molar-refractivity contribution in [1.82, 2.24) is 9.80 Å². The first-order valence-corrected chi connectivity index (χ1v) is 10.2. The topological polar surface area (TPSA) is 62.3 Å². The van der Waals surface area contributed by atoms with Gasteiger partial charge in [0.2, 0.25) is 12.7 Å². The number of anilines is 1. The summed E-state index contributed by atoms with van der Waals surface area (Å²) in [5.41, 5.74) is 1.33. The third-order valence-corrected chi connectivity index (χ3v) is 6.66. The quantitative estimate of drug-likeness (QED) is 0.773. The minimum atomic E-state index is -0.220. The number of likely N-dealkylation sites (N-methyl/N-ethyl adjacent to an activating group) is 1. The maximum absolute atomic E-state index is 13.1. The molecule has 4 heterocycles. The van der Waals surface area contributed by atoms with Crippen molar-refractivity contribution in [2.45, 2.75) is 12.0 Å². The van der Waals surface area contributed by atoms with Gasteiger partial charge in [-0.3, -0.25) is 14.5 Å². The number of hydrogen-bond acceptors (Lipinski definition) is 6. The van der Waals surface area contributed by atoms with Gasteiger partial charge in [-0.05, 0) is 43.1 Å². The summed E-state index contributed by atoms with van der Waals surface area (Å²) in [6.07, 6.45) is 0.841. The predicted octanol–water partition coefficient (Wildman–Crippen LogP) is 2.04. The van der Waals surface area contributed by atoms with Crippen molar-refractivity contribution in [1.29, 1.82) is 0 Å². The molecule has 3 aliphatic rings. The van der Waals surface area contributed by atoms with Crippen LogP contribution < -0.4 is 14.4 Å². The van der Waals surface area contributed by atoms with Gasteiger partial charge in [-0.2, -0.15) is 11.3 Å². The van der Waals surface area contributed by atoms with E-state index in [0.717, 1.165) is 12.1 Å². The van der Waals surface area contributed by atoms with Crippen LogP contribution in [-0.2, 0) is 4.79 Å². The van der Waals surface area contributed by atoms with E-state index in [1.54, 1.807) is 29.5 Å². The van der Waals surface area contributed by atoms with Crippen LogP contribution in [0.15, 0.2) is 35.0 Å². The van der Waals surface area contributed by atoms with Gasteiger partial charge < -0.3 is 19.3 Å². The van der Waals surface area contributed by atoms with E-state index in [1.807, 2.05) is 33.7 Å². The van der Waals surface area contributed by atoms with Gasteiger partial charge in [0.1, 0.15) is 0 Å². The van der Waals surface area contributed by atoms with Crippen LogP contribution in [-0.4, -0.2) is 67.2 Å². The van der Waals surface area contributed by atoms with Crippen LogP contribution in [0, 0.1) is 0 Å². The van der Waals surface area contributed by atoms with Crippen LogP contribution in [0.4, 0.5) is 5.69 Å². The van der Waals surface area contributed by atoms with Gasteiger partial charge in [0, 0.05) is 30.6 Å². The Morgan fingerprint density at radius 2 is 2.04 bits per heavy atom. The molecule has 1 aromatic carbocycles. The van der Waals surface area contributed by atoms with Crippen molar-refractivity contribution >= 4 is 28.8 Å². The van der Waals surface area contributed by atoms with Gasteiger partial charge >= 0.3 is 0 Å². The van der Waals surface area contributed by atoms with Crippen LogP contribution in [0.3, 0.4) is 0 Å². The molecule has 1 spiro atoms. The number of hydrogen-bond donors (Lipinski definition) is 0. The molecule has 3 aliphatic heterocycles. The standard InChI is InChI=1S/C20H21N3O4S/c1-21-9-18(24)23(15-4-7-28-10-15)12-20(21)5-6-22(11-20)19(25)14-2-3-16-17(8-14)27-13-26-16/h2-4,7-8,10H,5-6,9,11-13H2,1H3/t20-/m1/s1. The zero-order chi connectivity index (χ0) is 19.3. The van der Waals surface area contributed by atoms with Crippen LogP contribution in [0.5, 0.6) is 11.5 Å². The fourth-order valence-corrected chi connectivity index (χ4v) is 4.93. The van der Waals surface area contributed by atoms with E-state index in [2.05, 4.69) is 4.90 Å². The van der Waals surface area contributed by atoms with Gasteiger partial charge in [-0.15, -0.1) is 0 Å². The van der Waals surface area contributed by atoms with Crippen molar-refractivity contribution in [2.24, 2.45) is 0 Å². The van der Waals surface area contributed by atoms with Crippen molar-refractivity contribution in [3.05, 3.63) is 40.6 Å². The Balaban J connectivity index is 1.36. The molecule has 5 rings (SSSR count). The number of nitrogens with zero attached hydrogens (tertiary/aromatic N) is 3. The summed E-state index contributed by atoms with van der Waals surface area (Å²) in [7, 11) is 1.98. The Hall–Kier alpha value is -2.58. The Labute approximate surface area is 167 Å². The number of thiophene rings is 1. The number of fused-ring (bicyclic) bond motifs is 1. The van der Waals surface area contributed by atoms with E-state index in [1.165, 1.54) is 0 Å². The molecule has 8 heteroatoms. The van der Waals surface area contributed by atoms with Crippen molar-refractivity contribution in [2.75, 3.05) is 44.9 Å². The Morgan fingerprint density at radius 1 is 1.18 bits per heavy atom. The zero-order valence-corrected chi connectivity index (χ0v) is 16.4. The number of rotatable bonds is 2. The maximum atomic E-state index is 13.1. The number of ether oxygens (including phenoxy) is 2. The normalized spacial score (nSPS) is 24.4. The van der Waals surface area contributed by atoms with Crippen LogP contribution in [0.1, 0.15) is 16.8 Å². The monoisotopic (exact) mass is 399 g/mol. The molecule has 2 aromatic rings. The molecule has 0 saturated carbocycles. The molecule has 0 unspecified atom stereocenters. The molecule has 0 aliphatic carbocycles. The van der Waals surface area contributed by atoms with E-state index in [0.29, 0.717) is 43.2 Å². The lowest BCUT2D eigenvalue weighted by atomic mass is 9.93. The summed E-state index contributed by atoms with van der Waals surface area (Å²) in [5, 5.41) is 3.99. The summed E-state index contributed by atoms with van der Waals surface area (Å²) in [5.74, 6) is 1.38. The molecule has 1 atom stereocenters. The lowest BCUT2D eigenvalue weighted by molar-refractivity contribution is -0.123. The van der Waals surface area contributed by atoms with E-state index in [4.69, 9.17) is 9.47 Å². The second kappa shape index (κ2) is 6.49. The Kier molecular flexibility index (Phi) is 4.06. The molecular weight excluding hydrogens is 378 g/mol. The smallest absolute Gasteiger partial charge is 0.254 e. The minimum Gasteiger partial charge on any atom is -0.454 e. The summed E-state index contributed by atoms with van der Waals surface area (Å²) in [4.78, 5) is 31.5. The average molecular weight is 399 g/mol. The van der Waals surface area contributed by atoms with Gasteiger partial charge in [0.15, 0.2) is 11.5 Å². The fraction of sp³-hybridized carbons (Fsp3) is 0.400. The SMILES string of the molecule is CN1CC(=O)N(c2ccsc2)C[C@]12CCN(C(=O)c1ccc3c(c1)OCO3)C2. The van der Waals surface area contributed by atoms with Crippen LogP contribution in [0.25, 0.3) is 0 Å².